The molecule has 2 saturated heterocycles. The third-order valence-corrected chi connectivity index (χ3v) is 5.23. The maximum absolute atomic E-state index is 12.9. The van der Waals surface area contributed by atoms with E-state index in [2.05, 4.69) is 4.57 Å². The van der Waals surface area contributed by atoms with Crippen LogP contribution in [0.25, 0.3) is 0 Å². The Bertz CT molecular complexity index is 656. The summed E-state index contributed by atoms with van der Waals surface area (Å²) in [5.41, 5.74) is 2.80. The zero-order valence-electron chi connectivity index (χ0n) is 13.7. The van der Waals surface area contributed by atoms with E-state index in [4.69, 9.17) is 4.74 Å². The van der Waals surface area contributed by atoms with Crippen molar-refractivity contribution < 1.29 is 14.3 Å². The van der Waals surface area contributed by atoms with Crippen LogP contribution in [-0.4, -0.2) is 58.7 Å². The molecule has 0 bridgehead atoms. The predicted molar refractivity (Wildman–Crippen MR) is 84.2 cm³/mol. The van der Waals surface area contributed by atoms with Crippen molar-refractivity contribution in [3.05, 3.63) is 23.0 Å². The Kier molecular flexibility index (Phi) is 3.44. The highest BCUT2D eigenvalue weighted by atomic mass is 16.5. The van der Waals surface area contributed by atoms with Gasteiger partial charge in [0.2, 0.25) is 5.91 Å². The highest BCUT2D eigenvalue weighted by Crippen LogP contribution is 2.31. The van der Waals surface area contributed by atoms with Gasteiger partial charge < -0.3 is 19.1 Å². The van der Waals surface area contributed by atoms with Gasteiger partial charge in [0.1, 0.15) is 6.54 Å². The number of hydrogen-bond donors (Lipinski definition) is 0. The molecular weight excluding hydrogens is 294 g/mol. The fourth-order valence-electron chi connectivity index (χ4n) is 3.86. The summed E-state index contributed by atoms with van der Waals surface area (Å²) in [6, 6.07) is 2.64. The summed E-state index contributed by atoms with van der Waals surface area (Å²) < 4.78 is 7.70. The van der Waals surface area contributed by atoms with E-state index < -0.39 is 0 Å². The molecule has 1 aromatic rings. The number of rotatable bonds is 3. The number of nitrogens with zero attached hydrogens (tertiary/aromatic N) is 3. The lowest BCUT2D eigenvalue weighted by Crippen LogP contribution is -2.32. The van der Waals surface area contributed by atoms with E-state index in [0.29, 0.717) is 25.4 Å². The second-order valence-electron chi connectivity index (χ2n) is 6.91. The molecule has 0 aromatic carbocycles. The van der Waals surface area contributed by atoms with Gasteiger partial charge in [0.15, 0.2) is 0 Å². The predicted octanol–water partition coefficient (Wildman–Crippen LogP) is 1.47. The SMILES string of the molecule is Cc1cc(C(=O)N2CC(=O)N(C3CC3)C2)c(C)n1C1CCOC1. The van der Waals surface area contributed by atoms with Crippen LogP contribution in [-0.2, 0) is 9.53 Å². The van der Waals surface area contributed by atoms with Gasteiger partial charge in [-0.3, -0.25) is 9.59 Å². The van der Waals surface area contributed by atoms with Gasteiger partial charge in [-0.1, -0.05) is 0 Å². The Morgan fingerprint density at radius 2 is 2.00 bits per heavy atom. The molecule has 2 aliphatic heterocycles. The Balaban J connectivity index is 1.57. The number of aromatic nitrogens is 1. The fourth-order valence-corrected chi connectivity index (χ4v) is 3.86. The van der Waals surface area contributed by atoms with Crippen molar-refractivity contribution in [1.82, 2.24) is 14.4 Å². The number of aryl methyl sites for hydroxylation is 1. The molecule has 1 atom stereocenters. The molecule has 1 aliphatic carbocycles. The van der Waals surface area contributed by atoms with Crippen LogP contribution < -0.4 is 0 Å². The van der Waals surface area contributed by atoms with Crippen LogP contribution >= 0.6 is 0 Å². The van der Waals surface area contributed by atoms with Crippen LogP contribution in [0, 0.1) is 13.8 Å². The molecule has 23 heavy (non-hydrogen) atoms. The molecule has 1 unspecified atom stereocenters. The molecule has 124 valence electrons. The highest BCUT2D eigenvalue weighted by molar-refractivity contribution is 5.99. The summed E-state index contributed by atoms with van der Waals surface area (Å²) in [5, 5.41) is 0. The first-order valence-electron chi connectivity index (χ1n) is 8.41. The molecule has 1 saturated carbocycles. The maximum Gasteiger partial charge on any atom is 0.257 e. The van der Waals surface area contributed by atoms with Crippen LogP contribution in [0.1, 0.15) is 47.1 Å². The van der Waals surface area contributed by atoms with Gasteiger partial charge >= 0.3 is 0 Å². The van der Waals surface area contributed by atoms with Crippen molar-refractivity contribution in [3.63, 3.8) is 0 Å². The van der Waals surface area contributed by atoms with Crippen molar-refractivity contribution in [1.29, 1.82) is 0 Å². The number of carbonyl (C=O) groups is 2. The minimum atomic E-state index is -0.0280. The molecule has 3 heterocycles. The van der Waals surface area contributed by atoms with Gasteiger partial charge in [-0.25, -0.2) is 0 Å². The van der Waals surface area contributed by atoms with Crippen molar-refractivity contribution in [2.45, 2.75) is 45.2 Å². The second-order valence-corrected chi connectivity index (χ2v) is 6.91. The summed E-state index contributed by atoms with van der Waals surface area (Å²) in [6.07, 6.45) is 3.13. The summed E-state index contributed by atoms with van der Waals surface area (Å²) in [4.78, 5) is 28.5. The third-order valence-electron chi connectivity index (χ3n) is 5.23. The Hall–Kier alpha value is -1.82. The molecule has 3 fully saturated rings. The third kappa shape index (κ3) is 2.45. The first-order chi connectivity index (χ1) is 11.1. The first-order valence-corrected chi connectivity index (χ1v) is 8.41. The average Bonchev–Trinajstić information content (AvgIpc) is 2.93. The maximum atomic E-state index is 12.9. The van der Waals surface area contributed by atoms with Crippen molar-refractivity contribution in [2.75, 3.05) is 26.4 Å². The van der Waals surface area contributed by atoms with Gasteiger partial charge in [0.05, 0.1) is 24.9 Å². The molecule has 0 N–H and O–H groups in total. The van der Waals surface area contributed by atoms with E-state index in [9.17, 15) is 9.59 Å². The van der Waals surface area contributed by atoms with E-state index in [1.807, 2.05) is 24.8 Å². The summed E-state index contributed by atoms with van der Waals surface area (Å²) >= 11 is 0. The molecule has 4 rings (SSSR count). The lowest BCUT2D eigenvalue weighted by Gasteiger charge is -2.19. The van der Waals surface area contributed by atoms with Gasteiger partial charge in [0.25, 0.3) is 5.91 Å². The standard InChI is InChI=1S/C17H23N3O3/c1-11-7-15(12(2)20(11)14-5-6-23-9-14)17(22)18-8-16(21)19(10-18)13-3-4-13/h7,13-14H,3-6,8-10H2,1-2H3. The zero-order valence-corrected chi connectivity index (χ0v) is 13.7. The zero-order chi connectivity index (χ0) is 16.1. The van der Waals surface area contributed by atoms with Gasteiger partial charge in [-0.2, -0.15) is 0 Å². The van der Waals surface area contributed by atoms with Crippen LogP contribution in [0.5, 0.6) is 0 Å². The second kappa shape index (κ2) is 5.37. The molecular formula is C17H23N3O3. The molecule has 6 heteroatoms. The lowest BCUT2D eigenvalue weighted by atomic mass is 10.2. The molecule has 1 aromatic heterocycles. The minimum absolute atomic E-state index is 0.0280. The van der Waals surface area contributed by atoms with Crippen LogP contribution in [0.3, 0.4) is 0 Å². The van der Waals surface area contributed by atoms with Crippen molar-refractivity contribution in [3.8, 4) is 0 Å². The molecule has 2 amide bonds. The fraction of sp³-hybridized carbons (Fsp3) is 0.647. The smallest absolute Gasteiger partial charge is 0.257 e. The van der Waals surface area contributed by atoms with E-state index in [1.54, 1.807) is 4.90 Å². The van der Waals surface area contributed by atoms with Crippen LogP contribution in [0.4, 0.5) is 0 Å². The van der Waals surface area contributed by atoms with Gasteiger partial charge in [-0.05, 0) is 39.2 Å². The number of ether oxygens (including phenoxy) is 1. The first kappa shape index (κ1) is 14.8. The monoisotopic (exact) mass is 317 g/mol. The summed E-state index contributed by atoms with van der Waals surface area (Å²) in [6.45, 7) is 6.18. The summed E-state index contributed by atoms with van der Waals surface area (Å²) in [7, 11) is 0. The number of carbonyl (C=O) groups excluding carboxylic acids is 2. The molecule has 0 radical (unpaired) electrons. The van der Waals surface area contributed by atoms with E-state index in [-0.39, 0.29) is 18.4 Å². The lowest BCUT2D eigenvalue weighted by molar-refractivity contribution is -0.127. The Morgan fingerprint density at radius 3 is 2.65 bits per heavy atom. The highest BCUT2D eigenvalue weighted by Gasteiger charge is 2.40. The van der Waals surface area contributed by atoms with E-state index >= 15 is 0 Å². The topological polar surface area (TPSA) is 54.8 Å². The average molecular weight is 317 g/mol. The number of hydrogen-bond acceptors (Lipinski definition) is 3. The van der Waals surface area contributed by atoms with E-state index in [0.717, 1.165) is 42.8 Å². The summed E-state index contributed by atoms with van der Waals surface area (Å²) in [5.74, 6) is 0.0543. The van der Waals surface area contributed by atoms with Gasteiger partial charge in [-0.15, -0.1) is 0 Å². The Labute approximate surface area is 136 Å². The van der Waals surface area contributed by atoms with E-state index in [1.165, 1.54) is 0 Å². The molecule has 6 nitrogen and oxygen atoms in total. The normalized spacial score (nSPS) is 24.8. The quantitative estimate of drug-likeness (QED) is 0.848. The van der Waals surface area contributed by atoms with Crippen LogP contribution in [0.15, 0.2) is 6.07 Å². The van der Waals surface area contributed by atoms with Crippen LogP contribution in [0.2, 0.25) is 0 Å². The number of amides is 2. The Morgan fingerprint density at radius 1 is 1.22 bits per heavy atom. The molecule has 0 spiro atoms. The largest absolute Gasteiger partial charge is 0.379 e. The minimum Gasteiger partial charge on any atom is -0.379 e. The van der Waals surface area contributed by atoms with Gasteiger partial charge in [0, 0.05) is 24.0 Å². The van der Waals surface area contributed by atoms with Crippen molar-refractivity contribution >= 4 is 11.8 Å². The molecule has 3 aliphatic rings. The van der Waals surface area contributed by atoms with Crippen molar-refractivity contribution in [2.24, 2.45) is 0 Å².